The van der Waals surface area contributed by atoms with E-state index in [2.05, 4.69) is 36.2 Å². The molecule has 1 heterocycles. The number of nitrogens with zero attached hydrogens (tertiary/aromatic N) is 2. The van der Waals surface area contributed by atoms with Crippen molar-refractivity contribution >= 4 is 5.97 Å². The molecule has 0 unspecified atom stereocenters. The summed E-state index contributed by atoms with van der Waals surface area (Å²) in [6.07, 6.45) is 11.2. The molecule has 134 valence electrons. The van der Waals surface area contributed by atoms with E-state index >= 15 is 0 Å². The van der Waals surface area contributed by atoms with Crippen molar-refractivity contribution in [2.45, 2.75) is 45.6 Å². The lowest BCUT2D eigenvalue weighted by Crippen LogP contribution is -2.23. The van der Waals surface area contributed by atoms with Crippen LogP contribution in [0, 0.1) is 0 Å². The predicted molar refractivity (Wildman–Crippen MR) is 96.6 cm³/mol. The molecule has 24 heavy (non-hydrogen) atoms. The van der Waals surface area contributed by atoms with Gasteiger partial charge in [-0.1, -0.05) is 44.7 Å². The van der Waals surface area contributed by atoms with Gasteiger partial charge in [-0.2, -0.15) is 0 Å². The molecule has 1 aromatic carbocycles. The number of carboxylic acid groups (broad SMARTS) is 1. The minimum atomic E-state index is -0.950. The van der Waals surface area contributed by atoms with Gasteiger partial charge < -0.3 is 20.0 Å². The average Bonchev–Trinajstić information content (AvgIpc) is 3.00. The maximum Gasteiger partial charge on any atom is 0.335 e. The van der Waals surface area contributed by atoms with E-state index in [1.165, 1.54) is 50.8 Å². The lowest BCUT2D eigenvalue weighted by molar-refractivity contribution is 0.0697. The van der Waals surface area contributed by atoms with E-state index in [0.717, 1.165) is 12.2 Å². The Morgan fingerprint density at radius 3 is 2.25 bits per heavy atom. The Morgan fingerprint density at radius 2 is 1.75 bits per heavy atom. The Morgan fingerprint density at radius 1 is 1.08 bits per heavy atom. The molecule has 1 aliphatic rings. The van der Waals surface area contributed by atoms with Crippen LogP contribution < -0.4 is 0 Å². The van der Waals surface area contributed by atoms with Crippen LogP contribution in [0.4, 0.5) is 0 Å². The van der Waals surface area contributed by atoms with Crippen LogP contribution in [0.2, 0.25) is 0 Å². The molecule has 0 bridgehead atoms. The molecule has 0 spiro atoms. The molecule has 0 amide bonds. The molecule has 0 radical (unpaired) electrons. The molecule has 0 saturated carbocycles. The summed E-state index contributed by atoms with van der Waals surface area (Å²) in [5.74, 6) is -0.950. The van der Waals surface area contributed by atoms with Crippen LogP contribution in [0.5, 0.6) is 0 Å². The van der Waals surface area contributed by atoms with Crippen molar-refractivity contribution < 1.29 is 15.0 Å². The number of carbonyl (C=O) groups is 1. The molecule has 5 nitrogen and oxygen atoms in total. The number of aromatic carboxylic acids is 1. The summed E-state index contributed by atoms with van der Waals surface area (Å²) in [4.78, 5) is 14.9. The SMILES string of the molecule is CCCCCCCN1C=CN(C)C1.O=C(O)c1ccc(CO)cc1. The standard InChI is InChI=1S/C11H22N2.C8H8O3/c1-3-4-5-6-7-8-13-10-9-12(2)11-13;9-5-6-1-3-7(4-2-6)8(10)11/h9-10H,3-8,11H2,1-2H3;1-4,9H,5H2,(H,10,11). The quantitative estimate of drug-likeness (QED) is 0.712. The molecule has 5 heteroatoms. The molecule has 0 aromatic heterocycles. The van der Waals surface area contributed by atoms with Gasteiger partial charge in [-0.3, -0.25) is 0 Å². The van der Waals surface area contributed by atoms with Gasteiger partial charge in [-0.25, -0.2) is 4.79 Å². The summed E-state index contributed by atoms with van der Waals surface area (Å²) in [7, 11) is 2.12. The highest BCUT2D eigenvalue weighted by molar-refractivity contribution is 5.87. The Balaban J connectivity index is 0.000000243. The van der Waals surface area contributed by atoms with E-state index in [1.807, 2.05) is 0 Å². The van der Waals surface area contributed by atoms with Gasteiger partial charge >= 0.3 is 5.97 Å². The highest BCUT2D eigenvalue weighted by Gasteiger charge is 2.06. The third-order valence-corrected chi connectivity index (χ3v) is 3.87. The van der Waals surface area contributed by atoms with Crippen LogP contribution >= 0.6 is 0 Å². The van der Waals surface area contributed by atoms with Gasteiger partial charge in [0.05, 0.1) is 18.8 Å². The summed E-state index contributed by atoms with van der Waals surface area (Å²) >= 11 is 0. The number of carboxylic acids is 1. The summed E-state index contributed by atoms with van der Waals surface area (Å²) in [6, 6.07) is 6.11. The van der Waals surface area contributed by atoms with Crippen molar-refractivity contribution in [1.82, 2.24) is 9.80 Å². The zero-order chi connectivity index (χ0) is 17.8. The first-order valence-electron chi connectivity index (χ1n) is 8.62. The lowest BCUT2D eigenvalue weighted by Gasteiger charge is -2.17. The summed E-state index contributed by atoms with van der Waals surface area (Å²) < 4.78 is 0. The fourth-order valence-corrected chi connectivity index (χ4v) is 2.41. The monoisotopic (exact) mass is 334 g/mol. The number of unbranched alkanes of at least 4 members (excludes halogenated alkanes) is 4. The van der Waals surface area contributed by atoms with E-state index in [1.54, 1.807) is 12.1 Å². The second kappa shape index (κ2) is 11.5. The molecular weight excluding hydrogens is 304 g/mol. The highest BCUT2D eigenvalue weighted by Crippen LogP contribution is 2.08. The first-order chi connectivity index (χ1) is 11.6. The largest absolute Gasteiger partial charge is 0.478 e. The molecule has 1 aliphatic heterocycles. The zero-order valence-electron chi connectivity index (χ0n) is 14.8. The number of rotatable bonds is 8. The van der Waals surface area contributed by atoms with Crippen molar-refractivity contribution in [1.29, 1.82) is 0 Å². The Kier molecular flexibility index (Phi) is 9.61. The smallest absolute Gasteiger partial charge is 0.335 e. The number of hydrogen-bond donors (Lipinski definition) is 2. The third kappa shape index (κ3) is 8.02. The highest BCUT2D eigenvalue weighted by atomic mass is 16.4. The van der Waals surface area contributed by atoms with E-state index in [4.69, 9.17) is 10.2 Å². The first kappa shape index (κ1) is 20.0. The summed E-state index contributed by atoms with van der Waals surface area (Å²) in [5, 5.41) is 17.1. The second-order valence-electron chi connectivity index (χ2n) is 6.08. The van der Waals surface area contributed by atoms with Gasteiger partial charge in [0, 0.05) is 26.0 Å². The Hall–Kier alpha value is -2.01. The average molecular weight is 334 g/mol. The van der Waals surface area contributed by atoms with Crippen LogP contribution in [-0.2, 0) is 6.61 Å². The second-order valence-corrected chi connectivity index (χ2v) is 6.08. The van der Waals surface area contributed by atoms with E-state index in [9.17, 15) is 4.79 Å². The lowest BCUT2D eigenvalue weighted by atomic mass is 10.1. The number of aliphatic hydroxyl groups is 1. The molecular formula is C19H30N2O3. The van der Waals surface area contributed by atoms with Crippen LogP contribution in [0.3, 0.4) is 0 Å². The maximum atomic E-state index is 10.3. The van der Waals surface area contributed by atoms with Crippen LogP contribution in [0.25, 0.3) is 0 Å². The van der Waals surface area contributed by atoms with E-state index < -0.39 is 5.97 Å². The van der Waals surface area contributed by atoms with Crippen LogP contribution in [0.1, 0.15) is 54.9 Å². The van der Waals surface area contributed by atoms with Crippen molar-refractivity contribution in [2.75, 3.05) is 20.3 Å². The zero-order valence-corrected chi connectivity index (χ0v) is 14.8. The van der Waals surface area contributed by atoms with Gasteiger partial charge in [0.25, 0.3) is 0 Å². The first-order valence-corrected chi connectivity index (χ1v) is 8.62. The third-order valence-electron chi connectivity index (χ3n) is 3.87. The molecule has 0 aliphatic carbocycles. The van der Waals surface area contributed by atoms with Crippen molar-refractivity contribution in [3.63, 3.8) is 0 Å². The van der Waals surface area contributed by atoms with Gasteiger partial charge in [0.15, 0.2) is 0 Å². The number of benzene rings is 1. The van der Waals surface area contributed by atoms with Gasteiger partial charge in [0.1, 0.15) is 0 Å². The normalized spacial score (nSPS) is 13.0. The number of aliphatic hydroxyl groups excluding tert-OH is 1. The fraction of sp³-hybridized carbons (Fsp3) is 0.526. The predicted octanol–water partition coefficient (Wildman–Crippen LogP) is 3.51. The summed E-state index contributed by atoms with van der Waals surface area (Å²) in [6.45, 7) is 4.51. The van der Waals surface area contributed by atoms with E-state index in [0.29, 0.717) is 0 Å². The van der Waals surface area contributed by atoms with Crippen molar-refractivity contribution in [2.24, 2.45) is 0 Å². The Bertz CT molecular complexity index is 500. The summed E-state index contributed by atoms with van der Waals surface area (Å²) in [5.41, 5.74) is 0.956. The van der Waals surface area contributed by atoms with Crippen molar-refractivity contribution in [3.05, 3.63) is 47.8 Å². The molecule has 0 saturated heterocycles. The van der Waals surface area contributed by atoms with Crippen LogP contribution in [0.15, 0.2) is 36.7 Å². The molecule has 1 aromatic rings. The molecule has 0 atom stereocenters. The molecule has 0 fully saturated rings. The van der Waals surface area contributed by atoms with E-state index in [-0.39, 0.29) is 12.2 Å². The maximum absolute atomic E-state index is 10.3. The van der Waals surface area contributed by atoms with Crippen LogP contribution in [-0.4, -0.2) is 46.2 Å². The molecule has 2 N–H and O–H groups in total. The Labute approximate surface area is 145 Å². The topological polar surface area (TPSA) is 64.0 Å². The van der Waals surface area contributed by atoms with Crippen molar-refractivity contribution in [3.8, 4) is 0 Å². The minimum absolute atomic E-state index is 0.0557. The fourth-order valence-electron chi connectivity index (χ4n) is 2.41. The minimum Gasteiger partial charge on any atom is -0.478 e. The van der Waals surface area contributed by atoms with Gasteiger partial charge in [-0.15, -0.1) is 0 Å². The van der Waals surface area contributed by atoms with Gasteiger partial charge in [-0.05, 0) is 24.1 Å². The number of hydrogen-bond acceptors (Lipinski definition) is 4. The molecule has 2 rings (SSSR count). The van der Waals surface area contributed by atoms with Gasteiger partial charge in [0.2, 0.25) is 0 Å².